The minimum atomic E-state index is -2.01. The third kappa shape index (κ3) is 1.66. The number of carbonyl (C=O) groups is 3. The molecule has 1 atom stereocenters. The van der Waals surface area contributed by atoms with Crippen LogP contribution in [-0.4, -0.2) is 23.1 Å². The van der Waals surface area contributed by atoms with E-state index in [1.54, 1.807) is 20.8 Å². The number of hydrogen-bond acceptors (Lipinski definition) is 4. The average Bonchev–Trinajstić information content (AvgIpc) is 2.16. The molecule has 6 heteroatoms. The van der Waals surface area contributed by atoms with E-state index in [-0.39, 0.29) is 0 Å². The predicted molar refractivity (Wildman–Crippen MR) is 56.8 cm³/mol. The van der Waals surface area contributed by atoms with Crippen LogP contribution in [0.15, 0.2) is 12.4 Å². The quantitative estimate of drug-likeness (QED) is 0.525. The Morgan fingerprint density at radius 1 is 1.31 bits per heavy atom. The molecule has 0 aromatic heterocycles. The summed E-state index contributed by atoms with van der Waals surface area (Å²) < 4.78 is 0. The molecule has 0 aromatic rings. The van der Waals surface area contributed by atoms with Crippen LogP contribution < -0.4 is 16.4 Å². The maximum absolute atomic E-state index is 12.1. The first-order chi connectivity index (χ1) is 7.23. The minimum Gasteiger partial charge on any atom is -0.367 e. The first-order valence-corrected chi connectivity index (χ1v) is 4.81. The summed E-state index contributed by atoms with van der Waals surface area (Å²) in [6.45, 7) is 4.86. The molecule has 0 saturated carbocycles. The summed E-state index contributed by atoms with van der Waals surface area (Å²) in [5, 5.41) is 4.78. The second-order valence-electron chi connectivity index (χ2n) is 4.64. The van der Waals surface area contributed by atoms with E-state index in [2.05, 4.69) is 10.6 Å². The Morgan fingerprint density at radius 2 is 1.88 bits per heavy atom. The molecule has 0 fully saturated rings. The van der Waals surface area contributed by atoms with Gasteiger partial charge in [0.15, 0.2) is 5.78 Å². The summed E-state index contributed by atoms with van der Waals surface area (Å²) in [6, 6.07) is 0. The highest BCUT2D eigenvalue weighted by atomic mass is 16.2. The van der Waals surface area contributed by atoms with Gasteiger partial charge in [-0.05, 0) is 0 Å². The van der Waals surface area contributed by atoms with Gasteiger partial charge in [0.2, 0.25) is 0 Å². The van der Waals surface area contributed by atoms with Gasteiger partial charge in [-0.15, -0.1) is 0 Å². The predicted octanol–water partition coefficient (Wildman–Crippen LogP) is -0.984. The van der Waals surface area contributed by atoms with Crippen molar-refractivity contribution < 1.29 is 14.4 Å². The zero-order valence-electron chi connectivity index (χ0n) is 9.46. The molecule has 0 aromatic carbocycles. The number of ketones is 1. The van der Waals surface area contributed by atoms with Crippen molar-refractivity contribution >= 4 is 17.6 Å². The Kier molecular flexibility index (Phi) is 2.77. The number of hydrogen-bond donors (Lipinski definition) is 3. The van der Waals surface area contributed by atoms with Gasteiger partial charge in [-0.2, -0.15) is 0 Å². The lowest BCUT2D eigenvalue weighted by atomic mass is 9.76. The number of Topliss-reactive ketones (excluding diaryl/α,β-unsaturated/α-hetero) is 1. The van der Waals surface area contributed by atoms with Crippen LogP contribution in [0.3, 0.4) is 0 Å². The fourth-order valence-electron chi connectivity index (χ4n) is 1.48. The van der Waals surface area contributed by atoms with Crippen LogP contribution in [-0.2, 0) is 14.4 Å². The summed E-state index contributed by atoms with van der Waals surface area (Å²) in [6.07, 6.45) is 2.62. The highest BCUT2D eigenvalue weighted by Gasteiger charge is 2.55. The first-order valence-electron chi connectivity index (χ1n) is 4.81. The lowest BCUT2D eigenvalue weighted by molar-refractivity contribution is -0.148. The maximum atomic E-state index is 12.1. The molecule has 1 rings (SSSR count). The van der Waals surface area contributed by atoms with Crippen LogP contribution in [0.2, 0.25) is 0 Å². The van der Waals surface area contributed by atoms with Crippen molar-refractivity contribution in [2.75, 3.05) is 0 Å². The van der Waals surface area contributed by atoms with Crippen molar-refractivity contribution in [2.24, 2.45) is 11.1 Å². The number of carbonyl (C=O) groups excluding carboxylic acids is 3. The Bertz CT molecular complexity index is 381. The standard InChI is InChI=1S/C10H15N3O3/c1-9(2,3)6(14)10(7(11)15)8(16)12-4-5-13-10/h4-5,13H,1-3H3,(H2,11,15)(H,12,16). The van der Waals surface area contributed by atoms with Gasteiger partial charge in [-0.1, -0.05) is 20.8 Å². The Hall–Kier alpha value is -1.85. The third-order valence-corrected chi connectivity index (χ3v) is 2.33. The zero-order chi connectivity index (χ0) is 12.6. The fraction of sp³-hybridized carbons (Fsp3) is 0.500. The van der Waals surface area contributed by atoms with Crippen LogP contribution >= 0.6 is 0 Å². The van der Waals surface area contributed by atoms with Gasteiger partial charge in [-0.3, -0.25) is 14.4 Å². The summed E-state index contributed by atoms with van der Waals surface area (Å²) in [4.78, 5) is 35.3. The molecule has 1 aliphatic heterocycles. The molecule has 0 saturated heterocycles. The van der Waals surface area contributed by atoms with Crippen LogP contribution in [0.5, 0.6) is 0 Å². The molecule has 1 aliphatic rings. The molecule has 16 heavy (non-hydrogen) atoms. The number of nitrogens with one attached hydrogen (secondary N) is 2. The molecule has 1 unspecified atom stereocenters. The summed E-state index contributed by atoms with van der Waals surface area (Å²) in [7, 11) is 0. The fourth-order valence-corrected chi connectivity index (χ4v) is 1.48. The summed E-state index contributed by atoms with van der Waals surface area (Å²) >= 11 is 0. The topological polar surface area (TPSA) is 101 Å². The Balaban J connectivity index is 3.28. The molecule has 0 bridgehead atoms. The third-order valence-electron chi connectivity index (χ3n) is 2.33. The van der Waals surface area contributed by atoms with Crippen LogP contribution in [0.1, 0.15) is 20.8 Å². The number of amides is 2. The number of primary amides is 1. The van der Waals surface area contributed by atoms with Gasteiger partial charge in [0.25, 0.3) is 17.4 Å². The first kappa shape index (κ1) is 12.2. The van der Waals surface area contributed by atoms with E-state index in [0.717, 1.165) is 0 Å². The lowest BCUT2D eigenvalue weighted by Gasteiger charge is -2.34. The summed E-state index contributed by atoms with van der Waals surface area (Å²) in [5.41, 5.74) is 2.31. The van der Waals surface area contributed by atoms with Crippen molar-refractivity contribution in [3.05, 3.63) is 12.4 Å². The second kappa shape index (κ2) is 3.62. The SMILES string of the molecule is CC(C)(C)C(=O)C1(C(N)=O)NC=CNC1=O. The largest absolute Gasteiger partial charge is 0.367 e. The average molecular weight is 225 g/mol. The Labute approximate surface area is 93.3 Å². The van der Waals surface area contributed by atoms with Crippen molar-refractivity contribution in [3.8, 4) is 0 Å². The number of rotatable bonds is 2. The molecule has 88 valence electrons. The van der Waals surface area contributed by atoms with Gasteiger partial charge >= 0.3 is 0 Å². The van der Waals surface area contributed by atoms with Crippen LogP contribution in [0, 0.1) is 5.41 Å². The maximum Gasteiger partial charge on any atom is 0.267 e. The van der Waals surface area contributed by atoms with Crippen molar-refractivity contribution in [2.45, 2.75) is 26.3 Å². The molecule has 2 amide bonds. The monoisotopic (exact) mass is 225 g/mol. The van der Waals surface area contributed by atoms with Crippen LogP contribution in [0.25, 0.3) is 0 Å². The van der Waals surface area contributed by atoms with Gasteiger partial charge in [0, 0.05) is 17.8 Å². The molecule has 6 nitrogen and oxygen atoms in total. The normalized spacial score (nSPS) is 24.6. The highest BCUT2D eigenvalue weighted by Crippen LogP contribution is 2.24. The van der Waals surface area contributed by atoms with E-state index >= 15 is 0 Å². The molecule has 1 heterocycles. The molecular formula is C10H15N3O3. The van der Waals surface area contributed by atoms with E-state index in [4.69, 9.17) is 5.73 Å². The van der Waals surface area contributed by atoms with Gasteiger partial charge in [0.05, 0.1) is 0 Å². The molecule has 0 radical (unpaired) electrons. The second-order valence-corrected chi connectivity index (χ2v) is 4.64. The van der Waals surface area contributed by atoms with Crippen molar-refractivity contribution in [3.63, 3.8) is 0 Å². The molecule has 0 spiro atoms. The molecule has 4 N–H and O–H groups in total. The van der Waals surface area contributed by atoms with Crippen molar-refractivity contribution in [1.82, 2.24) is 10.6 Å². The van der Waals surface area contributed by atoms with E-state index in [1.165, 1.54) is 12.4 Å². The van der Waals surface area contributed by atoms with Gasteiger partial charge in [0.1, 0.15) is 0 Å². The van der Waals surface area contributed by atoms with Gasteiger partial charge < -0.3 is 16.4 Å². The zero-order valence-corrected chi connectivity index (χ0v) is 9.46. The lowest BCUT2D eigenvalue weighted by Crippen LogP contribution is -2.71. The van der Waals surface area contributed by atoms with Crippen LogP contribution in [0.4, 0.5) is 0 Å². The Morgan fingerprint density at radius 3 is 2.25 bits per heavy atom. The smallest absolute Gasteiger partial charge is 0.267 e. The van der Waals surface area contributed by atoms with E-state index in [1.807, 2.05) is 0 Å². The van der Waals surface area contributed by atoms with E-state index < -0.39 is 28.6 Å². The van der Waals surface area contributed by atoms with E-state index in [9.17, 15) is 14.4 Å². The van der Waals surface area contributed by atoms with E-state index in [0.29, 0.717) is 0 Å². The molecule has 0 aliphatic carbocycles. The van der Waals surface area contributed by atoms with Gasteiger partial charge in [-0.25, -0.2) is 0 Å². The van der Waals surface area contributed by atoms with Crippen molar-refractivity contribution in [1.29, 1.82) is 0 Å². The molecular weight excluding hydrogens is 210 g/mol. The minimum absolute atomic E-state index is 0.561. The summed E-state index contributed by atoms with van der Waals surface area (Å²) in [5.74, 6) is -2.31. The number of nitrogens with two attached hydrogens (primary N) is 1. The highest BCUT2D eigenvalue weighted by molar-refractivity contribution is 6.29.